The van der Waals surface area contributed by atoms with E-state index in [1.165, 1.54) is 14.7 Å². The summed E-state index contributed by atoms with van der Waals surface area (Å²) in [5.74, 6) is 0.218. The van der Waals surface area contributed by atoms with E-state index in [1.54, 1.807) is 15.9 Å². The molecule has 0 aliphatic carbocycles. The number of thiophene rings is 1. The summed E-state index contributed by atoms with van der Waals surface area (Å²) in [6.45, 7) is 6.05. The summed E-state index contributed by atoms with van der Waals surface area (Å²) in [7, 11) is 5.84. The van der Waals surface area contributed by atoms with Crippen molar-refractivity contribution in [2.24, 2.45) is 13.0 Å². The van der Waals surface area contributed by atoms with E-state index in [1.807, 2.05) is 65.8 Å². The fourth-order valence-corrected chi connectivity index (χ4v) is 5.67. The van der Waals surface area contributed by atoms with Gasteiger partial charge in [-0.2, -0.15) is 5.10 Å². The Morgan fingerprint density at radius 1 is 1.06 bits per heavy atom. The maximum atomic E-state index is 13.9. The number of likely N-dealkylation sites (N-methyl/N-ethyl adjacent to an activating group) is 1. The Kier molecular flexibility index (Phi) is 6.44. The second-order valence-electron chi connectivity index (χ2n) is 10.0. The number of hydrogen-bond donors (Lipinski definition) is 0. The first-order valence-corrected chi connectivity index (χ1v) is 13.1. The van der Waals surface area contributed by atoms with Crippen LogP contribution in [0.2, 0.25) is 0 Å². The van der Waals surface area contributed by atoms with E-state index in [9.17, 15) is 9.59 Å². The summed E-state index contributed by atoms with van der Waals surface area (Å²) in [5, 5.41) is 8.78. The monoisotopic (exact) mass is 504 g/mol. The van der Waals surface area contributed by atoms with Gasteiger partial charge in [0.2, 0.25) is 0 Å². The van der Waals surface area contributed by atoms with Gasteiger partial charge in [0.1, 0.15) is 11.1 Å². The van der Waals surface area contributed by atoms with Gasteiger partial charge in [0, 0.05) is 37.6 Å². The Balaban J connectivity index is 1.82. The number of benzene rings is 1. The van der Waals surface area contributed by atoms with Crippen LogP contribution >= 0.6 is 11.3 Å². The van der Waals surface area contributed by atoms with Crippen molar-refractivity contribution in [1.82, 2.24) is 28.4 Å². The highest BCUT2D eigenvalue weighted by atomic mass is 32.1. The molecule has 0 spiro atoms. The van der Waals surface area contributed by atoms with Gasteiger partial charge in [0.25, 0.3) is 5.56 Å². The maximum Gasteiger partial charge on any atom is 0.332 e. The van der Waals surface area contributed by atoms with E-state index >= 15 is 0 Å². The van der Waals surface area contributed by atoms with Crippen molar-refractivity contribution in [3.8, 4) is 11.4 Å². The van der Waals surface area contributed by atoms with Crippen LogP contribution in [0.15, 0.2) is 57.6 Å². The molecule has 1 aromatic carbocycles. The highest BCUT2D eigenvalue weighted by Gasteiger charge is 2.25. The highest BCUT2D eigenvalue weighted by molar-refractivity contribution is 7.17. The first-order valence-electron chi connectivity index (χ1n) is 12.2. The molecule has 4 heterocycles. The van der Waals surface area contributed by atoms with Gasteiger partial charge in [-0.05, 0) is 54.5 Å². The molecule has 0 radical (unpaired) electrons. The minimum atomic E-state index is -0.299. The molecule has 0 saturated heterocycles. The van der Waals surface area contributed by atoms with Gasteiger partial charge in [-0.25, -0.2) is 4.79 Å². The molecule has 0 fully saturated rings. The molecule has 0 unspecified atom stereocenters. The molecule has 0 saturated carbocycles. The molecular weight excluding hydrogens is 472 g/mol. The molecular formula is C27H32N6O2S. The molecule has 0 aliphatic heterocycles. The number of rotatable bonds is 8. The summed E-state index contributed by atoms with van der Waals surface area (Å²) in [5.41, 5.74) is 2.65. The normalized spacial score (nSPS) is 12.1. The minimum absolute atomic E-state index is 0.218. The number of nitrogens with zero attached hydrogens (tertiary/aromatic N) is 6. The second kappa shape index (κ2) is 9.55. The number of fused-ring (bicyclic) bond motifs is 2. The Morgan fingerprint density at radius 2 is 1.83 bits per heavy atom. The highest BCUT2D eigenvalue weighted by Crippen LogP contribution is 2.31. The first kappa shape index (κ1) is 24.3. The fourth-order valence-electron chi connectivity index (χ4n) is 4.72. The number of hydrogen-bond acceptors (Lipinski definition) is 5. The Hall–Kier alpha value is -3.43. The summed E-state index contributed by atoms with van der Waals surface area (Å²) in [6.07, 6.45) is 1.97. The van der Waals surface area contributed by atoms with Crippen LogP contribution in [0, 0.1) is 5.92 Å². The molecule has 8 nitrogen and oxygen atoms in total. The number of aryl methyl sites for hydroxylation is 1. The van der Waals surface area contributed by atoms with Gasteiger partial charge >= 0.3 is 5.69 Å². The van der Waals surface area contributed by atoms with Crippen molar-refractivity contribution in [3.63, 3.8) is 0 Å². The molecule has 0 bridgehead atoms. The van der Waals surface area contributed by atoms with Crippen LogP contribution in [-0.4, -0.2) is 49.0 Å². The minimum Gasteiger partial charge on any atom is -0.349 e. The van der Waals surface area contributed by atoms with Gasteiger partial charge in [-0.3, -0.25) is 18.6 Å². The maximum absolute atomic E-state index is 13.9. The van der Waals surface area contributed by atoms with Gasteiger partial charge in [0.05, 0.1) is 12.2 Å². The number of aromatic nitrogens is 5. The molecule has 5 rings (SSSR count). The van der Waals surface area contributed by atoms with Crippen LogP contribution in [0.1, 0.15) is 19.4 Å². The zero-order chi connectivity index (χ0) is 25.6. The van der Waals surface area contributed by atoms with Crippen LogP contribution in [0.3, 0.4) is 0 Å². The van der Waals surface area contributed by atoms with Gasteiger partial charge in [-0.1, -0.05) is 32.0 Å². The van der Waals surface area contributed by atoms with E-state index in [4.69, 9.17) is 5.10 Å². The summed E-state index contributed by atoms with van der Waals surface area (Å²) in [4.78, 5) is 29.5. The molecule has 5 aromatic rings. The second-order valence-corrected chi connectivity index (χ2v) is 10.9. The molecule has 0 amide bonds. The van der Waals surface area contributed by atoms with Crippen LogP contribution in [-0.2, 0) is 26.7 Å². The third kappa shape index (κ3) is 4.22. The first-order chi connectivity index (χ1) is 17.3. The third-order valence-corrected chi connectivity index (χ3v) is 7.51. The predicted molar refractivity (Wildman–Crippen MR) is 147 cm³/mol. The SMILES string of the molecule is CC(C)Cn1c(=O)n(CCN(C)C)c(=O)c2c(-c3cccn3C)n(Cc3csc4ccccc34)nc21. The van der Waals surface area contributed by atoms with Crippen molar-refractivity contribution in [2.75, 3.05) is 20.6 Å². The molecule has 0 atom stereocenters. The van der Waals surface area contributed by atoms with Crippen molar-refractivity contribution >= 4 is 32.5 Å². The zero-order valence-corrected chi connectivity index (χ0v) is 22.2. The zero-order valence-electron chi connectivity index (χ0n) is 21.4. The van der Waals surface area contributed by atoms with Crippen LogP contribution < -0.4 is 11.2 Å². The van der Waals surface area contributed by atoms with Gasteiger partial charge in [0.15, 0.2) is 5.65 Å². The molecule has 4 aromatic heterocycles. The van der Waals surface area contributed by atoms with E-state index in [-0.39, 0.29) is 17.2 Å². The Labute approximate surface area is 213 Å². The average Bonchev–Trinajstić information content (AvgIpc) is 3.53. The Morgan fingerprint density at radius 3 is 2.53 bits per heavy atom. The molecule has 188 valence electrons. The lowest BCUT2D eigenvalue weighted by Crippen LogP contribution is -2.42. The summed E-state index contributed by atoms with van der Waals surface area (Å²) < 4.78 is 8.18. The van der Waals surface area contributed by atoms with Crippen molar-refractivity contribution in [1.29, 1.82) is 0 Å². The average molecular weight is 505 g/mol. The van der Waals surface area contributed by atoms with Crippen molar-refractivity contribution in [3.05, 3.63) is 74.4 Å². The van der Waals surface area contributed by atoms with Crippen LogP contribution in [0.4, 0.5) is 0 Å². The van der Waals surface area contributed by atoms with Crippen molar-refractivity contribution in [2.45, 2.75) is 33.5 Å². The largest absolute Gasteiger partial charge is 0.349 e. The van der Waals surface area contributed by atoms with E-state index < -0.39 is 0 Å². The smallest absolute Gasteiger partial charge is 0.332 e. The lowest BCUT2D eigenvalue weighted by atomic mass is 10.1. The van der Waals surface area contributed by atoms with Gasteiger partial charge in [-0.15, -0.1) is 11.3 Å². The molecule has 0 N–H and O–H groups in total. The third-order valence-electron chi connectivity index (χ3n) is 6.50. The van der Waals surface area contributed by atoms with Crippen LogP contribution in [0.25, 0.3) is 32.5 Å². The lowest BCUT2D eigenvalue weighted by Gasteiger charge is -2.15. The summed E-state index contributed by atoms with van der Waals surface area (Å²) in [6, 6.07) is 12.3. The topological polar surface area (TPSA) is 70.0 Å². The quantitative estimate of drug-likeness (QED) is 0.322. The van der Waals surface area contributed by atoms with Crippen LogP contribution in [0.5, 0.6) is 0 Å². The lowest BCUT2D eigenvalue weighted by molar-refractivity contribution is 0.371. The molecule has 9 heteroatoms. The Bertz CT molecular complexity index is 1660. The molecule has 36 heavy (non-hydrogen) atoms. The van der Waals surface area contributed by atoms with Crippen molar-refractivity contribution < 1.29 is 0 Å². The molecule has 0 aliphatic rings. The summed E-state index contributed by atoms with van der Waals surface area (Å²) >= 11 is 1.70. The van der Waals surface area contributed by atoms with E-state index in [0.29, 0.717) is 37.2 Å². The van der Waals surface area contributed by atoms with Gasteiger partial charge < -0.3 is 9.47 Å². The van der Waals surface area contributed by atoms with E-state index in [2.05, 4.69) is 31.4 Å². The predicted octanol–water partition coefficient (Wildman–Crippen LogP) is 3.85. The fraction of sp³-hybridized carbons (Fsp3) is 0.370. The standard InChI is InChI=1S/C27H32N6O2S/c1-18(2)15-32-25-23(26(34)31(27(32)35)14-13-29(3)4)24(21-10-8-12-30(21)5)33(28-25)16-19-17-36-22-11-7-6-9-20(19)22/h6-12,17-18H,13-16H2,1-5H3. The van der Waals surface area contributed by atoms with E-state index in [0.717, 1.165) is 17.0 Å².